The molecule has 0 unspecified atom stereocenters. The Labute approximate surface area is 92.5 Å². The van der Waals surface area contributed by atoms with E-state index in [-0.39, 0.29) is 18.1 Å². The molecule has 0 aliphatic heterocycles. The first-order chi connectivity index (χ1) is 6.47. The quantitative estimate of drug-likeness (QED) is 0.871. The molecule has 1 rings (SSSR count). The van der Waals surface area contributed by atoms with Crippen LogP contribution < -0.4 is 5.73 Å². The number of rotatable bonds is 3. The minimum Gasteiger partial charge on any atom is -0.396 e. The Hall–Kier alpha value is -0.450. The smallest absolute Gasteiger partial charge is 0.0578 e. The zero-order valence-electron chi connectivity index (χ0n) is 8.37. The van der Waals surface area contributed by atoms with Crippen molar-refractivity contribution < 1.29 is 5.11 Å². The molecular weight excluding hydrogens is 244 g/mol. The minimum absolute atomic E-state index is 0.0475. The second kappa shape index (κ2) is 4.38. The molecule has 14 heavy (non-hydrogen) atoms. The molecule has 0 radical (unpaired) electrons. The third-order valence-corrected chi connectivity index (χ3v) is 2.79. The molecule has 1 heterocycles. The predicted molar refractivity (Wildman–Crippen MR) is 59.7 cm³/mol. The van der Waals surface area contributed by atoms with E-state index in [1.807, 2.05) is 26.0 Å². The van der Waals surface area contributed by atoms with Crippen molar-refractivity contribution in [2.75, 3.05) is 6.61 Å². The van der Waals surface area contributed by atoms with Gasteiger partial charge in [-0.15, -0.1) is 0 Å². The van der Waals surface area contributed by atoms with E-state index in [2.05, 4.69) is 20.9 Å². The highest BCUT2D eigenvalue weighted by atomic mass is 79.9. The number of nitrogens with two attached hydrogens (primary N) is 1. The average molecular weight is 259 g/mol. The van der Waals surface area contributed by atoms with Crippen LogP contribution in [0.25, 0.3) is 0 Å². The number of aliphatic hydroxyl groups excluding tert-OH is 1. The van der Waals surface area contributed by atoms with Crippen LogP contribution in [-0.2, 0) is 0 Å². The average Bonchev–Trinajstić information content (AvgIpc) is 2.18. The lowest BCUT2D eigenvalue weighted by Gasteiger charge is -2.28. The minimum atomic E-state index is -0.346. The Bertz CT molecular complexity index is 297. The van der Waals surface area contributed by atoms with Crippen LogP contribution >= 0.6 is 15.9 Å². The van der Waals surface area contributed by atoms with Gasteiger partial charge in [0.15, 0.2) is 0 Å². The van der Waals surface area contributed by atoms with E-state index in [9.17, 15) is 0 Å². The molecule has 0 aliphatic carbocycles. The van der Waals surface area contributed by atoms with Gasteiger partial charge in [-0.2, -0.15) is 0 Å². The van der Waals surface area contributed by atoms with Crippen molar-refractivity contribution in [3.63, 3.8) is 0 Å². The van der Waals surface area contributed by atoms with Gasteiger partial charge in [0.2, 0.25) is 0 Å². The zero-order valence-corrected chi connectivity index (χ0v) is 9.95. The lowest BCUT2D eigenvalue weighted by Crippen LogP contribution is -2.32. The first-order valence-corrected chi connectivity index (χ1v) is 5.24. The lowest BCUT2D eigenvalue weighted by atomic mass is 9.84. The second-order valence-corrected chi connectivity index (χ2v) is 4.94. The Balaban J connectivity index is 2.89. The van der Waals surface area contributed by atoms with E-state index in [1.54, 1.807) is 6.20 Å². The third kappa shape index (κ3) is 2.53. The van der Waals surface area contributed by atoms with Gasteiger partial charge in [0.1, 0.15) is 0 Å². The highest BCUT2D eigenvalue weighted by Crippen LogP contribution is 2.29. The van der Waals surface area contributed by atoms with Gasteiger partial charge in [0, 0.05) is 16.1 Å². The zero-order chi connectivity index (χ0) is 10.8. The maximum atomic E-state index is 9.16. The summed E-state index contributed by atoms with van der Waals surface area (Å²) in [6.07, 6.45) is 1.71. The van der Waals surface area contributed by atoms with Crippen molar-refractivity contribution in [2.45, 2.75) is 19.9 Å². The normalized spacial score (nSPS) is 14.1. The summed E-state index contributed by atoms with van der Waals surface area (Å²) in [6, 6.07) is 3.52. The van der Waals surface area contributed by atoms with Gasteiger partial charge in [-0.3, -0.25) is 4.98 Å². The molecule has 78 valence electrons. The van der Waals surface area contributed by atoms with Crippen molar-refractivity contribution in [3.05, 3.63) is 28.5 Å². The van der Waals surface area contributed by atoms with Gasteiger partial charge in [-0.05, 0) is 28.1 Å². The standard InChI is InChI=1S/C10H15BrN2O/c1-10(2,6-14)9(12)8-4-3-7(11)5-13-8/h3-5,9,14H,6,12H2,1-2H3/t9-/m0/s1. The summed E-state index contributed by atoms with van der Waals surface area (Å²) in [7, 11) is 0. The van der Waals surface area contributed by atoms with Crippen molar-refractivity contribution in [1.29, 1.82) is 0 Å². The molecule has 3 nitrogen and oxygen atoms in total. The van der Waals surface area contributed by atoms with Gasteiger partial charge >= 0.3 is 0 Å². The number of aromatic nitrogens is 1. The van der Waals surface area contributed by atoms with Crippen LogP contribution in [0.1, 0.15) is 25.6 Å². The molecule has 0 amide bonds. The maximum absolute atomic E-state index is 9.16. The SMILES string of the molecule is CC(C)(CO)[C@@H](N)c1ccc(Br)cn1. The van der Waals surface area contributed by atoms with Gasteiger partial charge in [-0.1, -0.05) is 13.8 Å². The number of nitrogens with zero attached hydrogens (tertiary/aromatic N) is 1. The monoisotopic (exact) mass is 258 g/mol. The van der Waals surface area contributed by atoms with E-state index < -0.39 is 0 Å². The predicted octanol–water partition coefficient (Wildman–Crippen LogP) is 1.86. The highest BCUT2D eigenvalue weighted by molar-refractivity contribution is 9.10. The van der Waals surface area contributed by atoms with Crippen molar-refractivity contribution in [1.82, 2.24) is 4.98 Å². The summed E-state index contributed by atoms with van der Waals surface area (Å²) in [5.41, 5.74) is 6.45. The van der Waals surface area contributed by atoms with Gasteiger partial charge in [0.25, 0.3) is 0 Å². The molecular formula is C10H15BrN2O. The van der Waals surface area contributed by atoms with Crippen molar-refractivity contribution in [2.24, 2.45) is 11.1 Å². The van der Waals surface area contributed by atoms with E-state index >= 15 is 0 Å². The highest BCUT2D eigenvalue weighted by Gasteiger charge is 2.27. The molecule has 0 saturated carbocycles. The van der Waals surface area contributed by atoms with E-state index in [0.717, 1.165) is 10.2 Å². The number of hydrogen-bond acceptors (Lipinski definition) is 3. The third-order valence-electron chi connectivity index (χ3n) is 2.32. The molecule has 0 spiro atoms. The van der Waals surface area contributed by atoms with Crippen LogP contribution in [0, 0.1) is 5.41 Å². The number of hydrogen-bond donors (Lipinski definition) is 2. The molecule has 0 fully saturated rings. The Morgan fingerprint density at radius 3 is 2.64 bits per heavy atom. The Morgan fingerprint density at radius 1 is 1.57 bits per heavy atom. The lowest BCUT2D eigenvalue weighted by molar-refractivity contribution is 0.130. The largest absolute Gasteiger partial charge is 0.396 e. The van der Waals surface area contributed by atoms with Crippen molar-refractivity contribution in [3.8, 4) is 0 Å². The first kappa shape index (κ1) is 11.6. The fourth-order valence-corrected chi connectivity index (χ4v) is 1.30. The first-order valence-electron chi connectivity index (χ1n) is 4.45. The molecule has 4 heteroatoms. The summed E-state index contributed by atoms with van der Waals surface area (Å²) < 4.78 is 0.926. The van der Waals surface area contributed by atoms with E-state index in [4.69, 9.17) is 10.8 Å². The molecule has 0 aromatic carbocycles. The fourth-order valence-electron chi connectivity index (χ4n) is 1.07. The molecule has 0 bridgehead atoms. The maximum Gasteiger partial charge on any atom is 0.0578 e. The fraction of sp³-hybridized carbons (Fsp3) is 0.500. The number of aliphatic hydroxyl groups is 1. The van der Waals surface area contributed by atoms with Crippen LogP contribution in [0.4, 0.5) is 0 Å². The number of halogens is 1. The molecule has 3 N–H and O–H groups in total. The van der Waals surface area contributed by atoms with Crippen LogP contribution in [-0.4, -0.2) is 16.7 Å². The second-order valence-electron chi connectivity index (χ2n) is 4.03. The molecule has 1 aromatic rings. The Morgan fingerprint density at radius 2 is 2.21 bits per heavy atom. The Kier molecular flexibility index (Phi) is 3.64. The van der Waals surface area contributed by atoms with Crippen LogP contribution in [0.15, 0.2) is 22.8 Å². The topological polar surface area (TPSA) is 59.1 Å². The van der Waals surface area contributed by atoms with E-state index in [1.165, 1.54) is 0 Å². The van der Waals surface area contributed by atoms with Gasteiger partial charge < -0.3 is 10.8 Å². The molecule has 1 atom stereocenters. The van der Waals surface area contributed by atoms with Crippen LogP contribution in [0.5, 0.6) is 0 Å². The number of pyridine rings is 1. The molecule has 1 aromatic heterocycles. The van der Waals surface area contributed by atoms with Crippen LogP contribution in [0.3, 0.4) is 0 Å². The summed E-state index contributed by atoms with van der Waals surface area (Å²) >= 11 is 3.31. The van der Waals surface area contributed by atoms with Gasteiger partial charge in [0.05, 0.1) is 18.3 Å². The van der Waals surface area contributed by atoms with Gasteiger partial charge in [-0.25, -0.2) is 0 Å². The van der Waals surface area contributed by atoms with E-state index in [0.29, 0.717) is 0 Å². The van der Waals surface area contributed by atoms with Crippen LogP contribution in [0.2, 0.25) is 0 Å². The molecule has 0 saturated heterocycles. The molecule has 0 aliphatic rings. The summed E-state index contributed by atoms with van der Waals surface area (Å²) in [4.78, 5) is 4.21. The summed E-state index contributed by atoms with van der Waals surface area (Å²) in [5.74, 6) is 0. The van der Waals surface area contributed by atoms with Crippen molar-refractivity contribution >= 4 is 15.9 Å². The summed E-state index contributed by atoms with van der Waals surface area (Å²) in [6.45, 7) is 3.88. The summed E-state index contributed by atoms with van der Waals surface area (Å²) in [5, 5.41) is 9.16.